The Hall–Kier alpha value is -1.31. The van der Waals surface area contributed by atoms with E-state index >= 15 is 0 Å². The highest BCUT2D eigenvalue weighted by Gasteiger charge is 2.30. The topological polar surface area (TPSA) is 75.7 Å². The molecule has 1 amide bonds. The van der Waals surface area contributed by atoms with E-state index < -0.39 is 10.0 Å². The molecule has 0 unspecified atom stereocenters. The standard InChI is InChI=1S/C14H19ClN2O4S/c1-2-16-14(18)10-21-12-6-5-11(15)9-13(12)22(19,20)17-7-3-4-8-17/h5-6,9H,2-4,7-8,10H2,1H3,(H,16,18). The number of nitrogens with zero attached hydrogens (tertiary/aromatic N) is 1. The molecule has 1 fully saturated rings. The highest BCUT2D eigenvalue weighted by Crippen LogP contribution is 2.31. The number of halogens is 1. The van der Waals surface area contributed by atoms with E-state index in [0.717, 1.165) is 12.8 Å². The molecule has 1 aliphatic heterocycles. The second kappa shape index (κ2) is 7.30. The van der Waals surface area contributed by atoms with Crippen molar-refractivity contribution in [3.8, 4) is 5.75 Å². The summed E-state index contributed by atoms with van der Waals surface area (Å²) >= 11 is 5.92. The number of carbonyl (C=O) groups is 1. The SMILES string of the molecule is CCNC(=O)COc1ccc(Cl)cc1S(=O)(=O)N1CCCC1. The van der Waals surface area contributed by atoms with Gasteiger partial charge in [-0.25, -0.2) is 8.42 Å². The van der Waals surface area contributed by atoms with E-state index in [9.17, 15) is 13.2 Å². The van der Waals surface area contributed by atoms with E-state index in [0.29, 0.717) is 24.7 Å². The van der Waals surface area contributed by atoms with E-state index in [4.69, 9.17) is 16.3 Å². The van der Waals surface area contributed by atoms with Crippen molar-refractivity contribution in [1.29, 1.82) is 0 Å². The summed E-state index contributed by atoms with van der Waals surface area (Å²) in [5, 5.41) is 2.90. The van der Waals surface area contributed by atoms with Crippen LogP contribution in [0.2, 0.25) is 5.02 Å². The summed E-state index contributed by atoms with van der Waals surface area (Å²) in [7, 11) is -3.66. The Morgan fingerprint density at radius 3 is 2.68 bits per heavy atom. The minimum absolute atomic E-state index is 0.00574. The third kappa shape index (κ3) is 3.91. The van der Waals surface area contributed by atoms with Crippen molar-refractivity contribution in [3.05, 3.63) is 23.2 Å². The number of sulfonamides is 1. The summed E-state index contributed by atoms with van der Waals surface area (Å²) in [4.78, 5) is 11.5. The van der Waals surface area contributed by atoms with Crippen LogP contribution in [-0.2, 0) is 14.8 Å². The molecule has 6 nitrogen and oxygen atoms in total. The molecule has 0 spiro atoms. The Bertz CT molecular complexity index is 642. The molecule has 8 heteroatoms. The number of hydrogen-bond acceptors (Lipinski definition) is 4. The van der Waals surface area contributed by atoms with Crippen LogP contribution in [0.5, 0.6) is 5.75 Å². The van der Waals surface area contributed by atoms with Crippen LogP contribution < -0.4 is 10.1 Å². The van der Waals surface area contributed by atoms with Gasteiger partial charge in [0.25, 0.3) is 5.91 Å². The number of likely N-dealkylation sites (N-methyl/N-ethyl adjacent to an activating group) is 1. The number of nitrogens with one attached hydrogen (secondary N) is 1. The lowest BCUT2D eigenvalue weighted by Gasteiger charge is -2.18. The van der Waals surface area contributed by atoms with Gasteiger partial charge in [0.05, 0.1) is 0 Å². The maximum absolute atomic E-state index is 12.7. The van der Waals surface area contributed by atoms with Crippen molar-refractivity contribution in [1.82, 2.24) is 9.62 Å². The smallest absolute Gasteiger partial charge is 0.257 e. The summed E-state index contributed by atoms with van der Waals surface area (Å²) < 4.78 is 32.1. The minimum atomic E-state index is -3.66. The molecule has 122 valence electrons. The van der Waals surface area contributed by atoms with Gasteiger partial charge in [0.1, 0.15) is 10.6 Å². The quantitative estimate of drug-likeness (QED) is 0.849. The molecule has 0 aliphatic carbocycles. The Kier molecular flexibility index (Phi) is 5.66. The summed E-state index contributed by atoms with van der Waals surface area (Å²) in [5.41, 5.74) is 0. The van der Waals surface area contributed by atoms with E-state index in [2.05, 4.69) is 5.32 Å². The number of benzene rings is 1. The van der Waals surface area contributed by atoms with Gasteiger partial charge in [-0.05, 0) is 38.0 Å². The van der Waals surface area contributed by atoms with Crippen LogP contribution >= 0.6 is 11.6 Å². The molecule has 1 aromatic rings. The summed E-state index contributed by atoms with van der Waals surface area (Å²) in [6, 6.07) is 4.38. The van der Waals surface area contributed by atoms with E-state index in [1.54, 1.807) is 6.92 Å². The zero-order valence-corrected chi connectivity index (χ0v) is 13.9. The maximum Gasteiger partial charge on any atom is 0.257 e. The van der Waals surface area contributed by atoms with Crippen LogP contribution in [0, 0.1) is 0 Å². The number of hydrogen-bond donors (Lipinski definition) is 1. The third-order valence-corrected chi connectivity index (χ3v) is 5.48. The molecule has 1 aromatic carbocycles. The number of rotatable bonds is 6. The number of carbonyl (C=O) groups excluding carboxylic acids is 1. The van der Waals surface area contributed by atoms with Crippen LogP contribution in [0.4, 0.5) is 0 Å². The molecule has 2 rings (SSSR count). The van der Waals surface area contributed by atoms with Gasteiger partial charge >= 0.3 is 0 Å². The second-order valence-corrected chi connectivity index (χ2v) is 7.29. The first-order chi connectivity index (χ1) is 10.4. The van der Waals surface area contributed by atoms with Crippen molar-refractivity contribution in [2.45, 2.75) is 24.7 Å². The molecule has 1 heterocycles. The monoisotopic (exact) mass is 346 g/mol. The lowest BCUT2D eigenvalue weighted by Crippen LogP contribution is -2.30. The van der Waals surface area contributed by atoms with E-state index in [1.165, 1.54) is 22.5 Å². The predicted octanol–water partition coefficient (Wildman–Crippen LogP) is 1.64. The predicted molar refractivity (Wildman–Crippen MR) is 83.6 cm³/mol. The number of ether oxygens (including phenoxy) is 1. The Morgan fingerprint density at radius 2 is 2.05 bits per heavy atom. The molecule has 1 N–H and O–H groups in total. The summed E-state index contributed by atoms with van der Waals surface area (Å²) in [6.45, 7) is 3.03. The van der Waals surface area contributed by atoms with Crippen molar-refractivity contribution in [3.63, 3.8) is 0 Å². The van der Waals surface area contributed by atoms with Crippen molar-refractivity contribution in [2.75, 3.05) is 26.2 Å². The van der Waals surface area contributed by atoms with Crippen LogP contribution in [0.1, 0.15) is 19.8 Å². The molecule has 0 bridgehead atoms. The number of amides is 1. The zero-order chi connectivity index (χ0) is 16.2. The van der Waals surface area contributed by atoms with Crippen LogP contribution in [0.3, 0.4) is 0 Å². The Morgan fingerprint density at radius 1 is 1.36 bits per heavy atom. The normalized spacial score (nSPS) is 15.7. The van der Waals surface area contributed by atoms with Crippen LogP contribution in [0.15, 0.2) is 23.1 Å². The average Bonchev–Trinajstić information content (AvgIpc) is 3.01. The van der Waals surface area contributed by atoms with Crippen LogP contribution in [0.25, 0.3) is 0 Å². The first kappa shape index (κ1) is 17.1. The molecular formula is C14H19ClN2O4S. The molecule has 0 saturated carbocycles. The highest BCUT2D eigenvalue weighted by atomic mass is 35.5. The van der Waals surface area contributed by atoms with Crippen molar-refractivity contribution >= 4 is 27.5 Å². The minimum Gasteiger partial charge on any atom is -0.482 e. The average molecular weight is 347 g/mol. The van der Waals surface area contributed by atoms with Gasteiger partial charge in [-0.1, -0.05) is 11.6 Å². The van der Waals surface area contributed by atoms with Gasteiger partial charge in [-0.15, -0.1) is 0 Å². The highest BCUT2D eigenvalue weighted by molar-refractivity contribution is 7.89. The third-order valence-electron chi connectivity index (χ3n) is 3.32. The second-order valence-electron chi connectivity index (χ2n) is 4.94. The van der Waals surface area contributed by atoms with Crippen molar-refractivity contribution in [2.24, 2.45) is 0 Å². The fourth-order valence-corrected chi connectivity index (χ4v) is 4.17. The lowest BCUT2D eigenvalue weighted by atomic mass is 10.3. The van der Waals surface area contributed by atoms with Gasteiger partial charge in [-0.2, -0.15) is 4.31 Å². The molecule has 0 aromatic heterocycles. The van der Waals surface area contributed by atoms with Crippen LogP contribution in [-0.4, -0.2) is 44.9 Å². The summed E-state index contributed by atoms with van der Waals surface area (Å²) in [6.07, 6.45) is 1.68. The van der Waals surface area contributed by atoms with Gasteiger partial charge in [0.2, 0.25) is 10.0 Å². The first-order valence-corrected chi connectivity index (χ1v) is 8.96. The first-order valence-electron chi connectivity index (χ1n) is 7.14. The molecular weight excluding hydrogens is 328 g/mol. The van der Waals surface area contributed by atoms with Gasteiger partial charge in [-0.3, -0.25) is 4.79 Å². The summed E-state index contributed by atoms with van der Waals surface area (Å²) in [5.74, 6) is -0.162. The van der Waals surface area contributed by atoms with Crippen molar-refractivity contribution < 1.29 is 17.9 Å². The van der Waals surface area contributed by atoms with E-state index in [-0.39, 0.29) is 23.2 Å². The largest absolute Gasteiger partial charge is 0.482 e. The van der Waals surface area contributed by atoms with Gasteiger partial charge in [0, 0.05) is 24.7 Å². The van der Waals surface area contributed by atoms with Gasteiger partial charge < -0.3 is 10.1 Å². The molecule has 0 atom stereocenters. The molecule has 0 radical (unpaired) electrons. The molecule has 1 saturated heterocycles. The fraction of sp³-hybridized carbons (Fsp3) is 0.500. The van der Waals surface area contributed by atoms with Gasteiger partial charge in [0.15, 0.2) is 6.61 Å². The van der Waals surface area contributed by atoms with E-state index in [1.807, 2.05) is 0 Å². The Balaban J connectivity index is 2.26. The Labute approximate surface area is 135 Å². The molecule has 1 aliphatic rings. The lowest BCUT2D eigenvalue weighted by molar-refractivity contribution is -0.123. The fourth-order valence-electron chi connectivity index (χ4n) is 2.26. The maximum atomic E-state index is 12.7. The molecule has 22 heavy (non-hydrogen) atoms. The zero-order valence-electron chi connectivity index (χ0n) is 12.3.